The van der Waals surface area contributed by atoms with E-state index >= 15 is 0 Å². The first-order valence-corrected chi connectivity index (χ1v) is 10.7. The number of hydrogen-bond acceptors (Lipinski definition) is 2. The summed E-state index contributed by atoms with van der Waals surface area (Å²) in [5.74, 6) is 0.337. The van der Waals surface area contributed by atoms with Gasteiger partial charge in [-0.15, -0.1) is 0 Å². The van der Waals surface area contributed by atoms with Crippen molar-refractivity contribution in [3.05, 3.63) is 88.7 Å². The molecule has 0 saturated heterocycles. The quantitative estimate of drug-likeness (QED) is 0.422. The Hall–Kier alpha value is -3.40. The Morgan fingerprint density at radius 1 is 1.00 bits per heavy atom. The van der Waals surface area contributed by atoms with Gasteiger partial charge in [0.2, 0.25) is 0 Å². The molecule has 4 heteroatoms. The maximum absolute atomic E-state index is 13.1. The second kappa shape index (κ2) is 8.38. The number of aromatic nitrogens is 2. The van der Waals surface area contributed by atoms with Crippen LogP contribution >= 0.6 is 0 Å². The summed E-state index contributed by atoms with van der Waals surface area (Å²) in [7, 11) is 1.86. The molecule has 2 heterocycles. The van der Waals surface area contributed by atoms with Gasteiger partial charge in [0, 0.05) is 47.0 Å². The predicted molar refractivity (Wildman–Crippen MR) is 127 cm³/mol. The number of aromatic amines is 1. The maximum Gasteiger partial charge on any atom is 0.253 e. The van der Waals surface area contributed by atoms with Crippen molar-refractivity contribution in [1.29, 1.82) is 0 Å². The van der Waals surface area contributed by atoms with Crippen LogP contribution in [-0.2, 0) is 6.54 Å². The zero-order chi connectivity index (χ0) is 22.1. The fraction of sp³-hybridized carbons (Fsp3) is 0.259. The fourth-order valence-corrected chi connectivity index (χ4v) is 4.30. The Bertz CT molecular complexity index is 1220. The minimum absolute atomic E-state index is 0.0267. The van der Waals surface area contributed by atoms with E-state index in [-0.39, 0.29) is 5.91 Å². The highest BCUT2D eigenvalue weighted by Gasteiger charge is 2.19. The van der Waals surface area contributed by atoms with Crippen molar-refractivity contribution >= 4 is 16.8 Å². The molecule has 1 amide bonds. The highest BCUT2D eigenvalue weighted by Crippen LogP contribution is 2.36. The van der Waals surface area contributed by atoms with Crippen LogP contribution in [0.25, 0.3) is 22.2 Å². The molecule has 2 aromatic heterocycles. The molecule has 158 valence electrons. The third-order valence-electron chi connectivity index (χ3n) is 5.64. The van der Waals surface area contributed by atoms with Gasteiger partial charge >= 0.3 is 0 Å². The van der Waals surface area contributed by atoms with Crippen LogP contribution in [0.3, 0.4) is 0 Å². The van der Waals surface area contributed by atoms with Crippen LogP contribution in [0.4, 0.5) is 0 Å². The predicted octanol–water partition coefficient (Wildman–Crippen LogP) is 6.24. The highest BCUT2D eigenvalue weighted by molar-refractivity contribution is 6.00. The summed E-state index contributed by atoms with van der Waals surface area (Å²) in [4.78, 5) is 23.0. The number of nitrogens with one attached hydrogen (secondary N) is 1. The molecule has 4 rings (SSSR count). The standard InChI is InChI=1S/C27H29N3O/c1-17(2)25-23-15-21(27(31)30(5)16-20-9-7-6-8-10-20)11-12-24(23)29-26(25)22-13-18(3)28-19(4)14-22/h6-15,17,29H,16H2,1-5H3. The molecule has 0 atom stereocenters. The van der Waals surface area contributed by atoms with Crippen molar-refractivity contribution in [3.63, 3.8) is 0 Å². The van der Waals surface area contributed by atoms with Crippen LogP contribution in [0.2, 0.25) is 0 Å². The van der Waals surface area contributed by atoms with E-state index in [1.165, 1.54) is 5.56 Å². The number of pyridine rings is 1. The number of carbonyl (C=O) groups excluding carboxylic acids is 1. The average Bonchev–Trinajstić information content (AvgIpc) is 3.12. The molecule has 4 nitrogen and oxygen atoms in total. The second-order valence-electron chi connectivity index (χ2n) is 8.61. The zero-order valence-electron chi connectivity index (χ0n) is 18.9. The van der Waals surface area contributed by atoms with Gasteiger partial charge in [0.25, 0.3) is 5.91 Å². The molecular weight excluding hydrogens is 382 g/mol. The molecule has 4 aromatic rings. The summed E-state index contributed by atoms with van der Waals surface area (Å²) in [6, 6.07) is 20.3. The lowest BCUT2D eigenvalue weighted by Crippen LogP contribution is -2.26. The number of hydrogen-bond donors (Lipinski definition) is 1. The van der Waals surface area contributed by atoms with Crippen molar-refractivity contribution in [2.75, 3.05) is 7.05 Å². The van der Waals surface area contributed by atoms with Gasteiger partial charge in [-0.05, 0) is 61.2 Å². The van der Waals surface area contributed by atoms with Crippen LogP contribution in [0, 0.1) is 13.8 Å². The lowest BCUT2D eigenvalue weighted by atomic mass is 9.95. The molecule has 0 saturated carbocycles. The molecule has 0 unspecified atom stereocenters. The first-order chi connectivity index (χ1) is 14.8. The van der Waals surface area contributed by atoms with Crippen LogP contribution in [0.5, 0.6) is 0 Å². The largest absolute Gasteiger partial charge is 0.354 e. The molecule has 1 N–H and O–H groups in total. The molecule has 0 aliphatic rings. The Morgan fingerprint density at radius 3 is 2.32 bits per heavy atom. The summed E-state index contributed by atoms with van der Waals surface area (Å²) in [5, 5.41) is 1.11. The van der Waals surface area contributed by atoms with E-state index in [4.69, 9.17) is 0 Å². The normalized spacial score (nSPS) is 11.3. The number of rotatable bonds is 5. The molecule has 0 aliphatic carbocycles. The fourth-order valence-electron chi connectivity index (χ4n) is 4.30. The minimum atomic E-state index is 0.0267. The van der Waals surface area contributed by atoms with Gasteiger partial charge in [-0.1, -0.05) is 44.2 Å². The molecule has 2 aromatic carbocycles. The number of benzene rings is 2. The Morgan fingerprint density at radius 2 is 1.68 bits per heavy atom. The van der Waals surface area contributed by atoms with Crippen LogP contribution < -0.4 is 0 Å². The van der Waals surface area contributed by atoms with Gasteiger partial charge in [0.1, 0.15) is 0 Å². The molecule has 0 fully saturated rings. The SMILES string of the molecule is Cc1cc(-c2[nH]c3ccc(C(=O)N(C)Cc4ccccc4)cc3c2C(C)C)cc(C)n1. The van der Waals surface area contributed by atoms with Gasteiger partial charge in [-0.3, -0.25) is 9.78 Å². The van der Waals surface area contributed by atoms with Crippen LogP contribution in [0.15, 0.2) is 60.7 Å². The van der Waals surface area contributed by atoms with E-state index in [9.17, 15) is 4.79 Å². The molecule has 0 spiro atoms. The topological polar surface area (TPSA) is 49.0 Å². The molecular formula is C27H29N3O. The van der Waals surface area contributed by atoms with Crippen LogP contribution in [-0.4, -0.2) is 27.8 Å². The maximum atomic E-state index is 13.1. The summed E-state index contributed by atoms with van der Waals surface area (Å²) < 4.78 is 0. The number of amides is 1. The van der Waals surface area contributed by atoms with E-state index in [0.29, 0.717) is 18.0 Å². The summed E-state index contributed by atoms with van der Waals surface area (Å²) in [6.07, 6.45) is 0. The van der Waals surface area contributed by atoms with Crippen molar-refractivity contribution in [2.24, 2.45) is 0 Å². The van der Waals surface area contributed by atoms with Gasteiger partial charge in [0.15, 0.2) is 0 Å². The average molecular weight is 412 g/mol. The molecule has 0 bridgehead atoms. The van der Waals surface area contributed by atoms with Gasteiger partial charge in [-0.2, -0.15) is 0 Å². The third-order valence-corrected chi connectivity index (χ3v) is 5.64. The van der Waals surface area contributed by atoms with Gasteiger partial charge in [0.05, 0.1) is 5.69 Å². The van der Waals surface area contributed by atoms with Crippen molar-refractivity contribution in [1.82, 2.24) is 14.9 Å². The molecule has 31 heavy (non-hydrogen) atoms. The second-order valence-corrected chi connectivity index (χ2v) is 8.61. The van der Waals surface area contributed by atoms with E-state index in [1.807, 2.05) is 69.4 Å². The summed E-state index contributed by atoms with van der Waals surface area (Å²) in [5.41, 5.74) is 8.37. The van der Waals surface area contributed by atoms with E-state index in [2.05, 4.69) is 35.9 Å². The molecule has 0 aliphatic heterocycles. The van der Waals surface area contributed by atoms with Gasteiger partial charge < -0.3 is 9.88 Å². The number of nitrogens with zero attached hydrogens (tertiary/aromatic N) is 2. The van der Waals surface area contributed by atoms with Crippen LogP contribution in [0.1, 0.15) is 52.6 Å². The van der Waals surface area contributed by atoms with Crippen molar-refractivity contribution in [2.45, 2.75) is 40.2 Å². The van der Waals surface area contributed by atoms with E-state index < -0.39 is 0 Å². The first-order valence-electron chi connectivity index (χ1n) is 10.7. The van der Waals surface area contributed by atoms with Crippen molar-refractivity contribution < 1.29 is 4.79 Å². The third kappa shape index (κ3) is 4.24. The van der Waals surface area contributed by atoms with Crippen molar-refractivity contribution in [3.8, 4) is 11.3 Å². The lowest BCUT2D eigenvalue weighted by molar-refractivity contribution is 0.0785. The lowest BCUT2D eigenvalue weighted by Gasteiger charge is -2.17. The summed E-state index contributed by atoms with van der Waals surface area (Å²) >= 11 is 0. The smallest absolute Gasteiger partial charge is 0.253 e. The first kappa shape index (κ1) is 20.9. The Balaban J connectivity index is 1.74. The number of carbonyl (C=O) groups is 1. The summed E-state index contributed by atoms with van der Waals surface area (Å²) in [6.45, 7) is 9.02. The van der Waals surface area contributed by atoms with E-state index in [0.717, 1.165) is 39.1 Å². The van der Waals surface area contributed by atoms with E-state index in [1.54, 1.807) is 4.90 Å². The minimum Gasteiger partial charge on any atom is -0.354 e. The monoisotopic (exact) mass is 411 g/mol. The molecule has 0 radical (unpaired) electrons. The highest BCUT2D eigenvalue weighted by atomic mass is 16.2. The van der Waals surface area contributed by atoms with Gasteiger partial charge in [-0.25, -0.2) is 0 Å². The number of H-pyrrole nitrogens is 1. The Kier molecular flexibility index (Phi) is 5.64. The Labute approximate surface area is 183 Å². The number of fused-ring (bicyclic) bond motifs is 1. The number of aryl methyl sites for hydroxylation is 2. The zero-order valence-corrected chi connectivity index (χ0v) is 18.9.